The van der Waals surface area contributed by atoms with Gasteiger partial charge in [0.15, 0.2) is 5.82 Å². The van der Waals surface area contributed by atoms with E-state index in [0.29, 0.717) is 39.9 Å². The standard InChI is InChI=1S/C21H26ClN5O3/c1-12-24-26-27(25-12)21-9-13-4-14(10-21)8-20(7-13,11-21)19(28)23-16-6-17(29-2)15(22)5-18(16)30-3/h5-6,13-14H,4,7-11H2,1-3H3,(H,23,28). The van der Waals surface area contributed by atoms with Gasteiger partial charge in [-0.25, -0.2) is 0 Å². The number of carbonyl (C=O) groups is 1. The molecule has 160 valence electrons. The highest BCUT2D eigenvalue weighted by Gasteiger charge is 2.62. The Labute approximate surface area is 180 Å². The lowest BCUT2D eigenvalue weighted by molar-refractivity contribution is -0.152. The second-order valence-corrected chi connectivity index (χ2v) is 9.64. The Bertz CT molecular complexity index is 993. The number of aromatic nitrogens is 4. The Balaban J connectivity index is 1.48. The highest BCUT2D eigenvalue weighted by atomic mass is 35.5. The summed E-state index contributed by atoms with van der Waals surface area (Å²) in [6.45, 7) is 1.85. The summed E-state index contributed by atoms with van der Waals surface area (Å²) in [6, 6.07) is 3.39. The van der Waals surface area contributed by atoms with Crippen LogP contribution in [0.4, 0.5) is 5.69 Å². The van der Waals surface area contributed by atoms with Crippen LogP contribution in [0.2, 0.25) is 5.02 Å². The molecule has 9 heteroatoms. The Kier molecular flexibility index (Phi) is 4.47. The third-order valence-corrected chi connectivity index (χ3v) is 7.47. The van der Waals surface area contributed by atoms with Crippen molar-refractivity contribution in [2.24, 2.45) is 17.3 Å². The van der Waals surface area contributed by atoms with E-state index in [9.17, 15) is 4.79 Å². The molecule has 2 aromatic rings. The Morgan fingerprint density at radius 2 is 1.87 bits per heavy atom. The number of hydrogen-bond acceptors (Lipinski definition) is 6. The summed E-state index contributed by atoms with van der Waals surface area (Å²) in [7, 11) is 3.11. The van der Waals surface area contributed by atoms with Gasteiger partial charge in [-0.2, -0.15) is 4.80 Å². The molecule has 1 aromatic heterocycles. The number of halogens is 1. The molecule has 8 nitrogen and oxygen atoms in total. The van der Waals surface area contributed by atoms with Crippen molar-refractivity contribution < 1.29 is 14.3 Å². The van der Waals surface area contributed by atoms with E-state index in [1.165, 1.54) is 6.42 Å². The molecule has 4 saturated carbocycles. The SMILES string of the molecule is COc1cc(NC(=O)C23CC4CC(C2)CC(n2nnc(C)n2)(C4)C3)c(OC)cc1Cl. The first-order chi connectivity index (χ1) is 14.4. The monoisotopic (exact) mass is 431 g/mol. The van der Waals surface area contributed by atoms with Gasteiger partial charge in [0.05, 0.1) is 35.9 Å². The smallest absolute Gasteiger partial charge is 0.230 e. The molecule has 1 aromatic carbocycles. The molecule has 2 unspecified atom stereocenters. The largest absolute Gasteiger partial charge is 0.495 e. The average molecular weight is 432 g/mol. The van der Waals surface area contributed by atoms with Crippen LogP contribution in [0.3, 0.4) is 0 Å². The fourth-order valence-corrected chi connectivity index (χ4v) is 6.64. The van der Waals surface area contributed by atoms with Gasteiger partial charge in [-0.3, -0.25) is 4.79 Å². The maximum Gasteiger partial charge on any atom is 0.230 e. The highest BCUT2D eigenvalue weighted by molar-refractivity contribution is 6.32. The summed E-state index contributed by atoms with van der Waals surface area (Å²) in [5.41, 5.74) is -0.0863. The fourth-order valence-electron chi connectivity index (χ4n) is 6.41. The van der Waals surface area contributed by atoms with E-state index in [2.05, 4.69) is 20.7 Å². The van der Waals surface area contributed by atoms with Gasteiger partial charge in [0.25, 0.3) is 0 Å². The molecule has 0 saturated heterocycles. The minimum absolute atomic E-state index is 0.0282. The third kappa shape index (κ3) is 2.95. The average Bonchev–Trinajstić information content (AvgIpc) is 3.15. The molecular weight excluding hydrogens is 406 g/mol. The zero-order chi connectivity index (χ0) is 21.1. The van der Waals surface area contributed by atoms with Gasteiger partial charge in [-0.15, -0.1) is 10.2 Å². The van der Waals surface area contributed by atoms with Crippen LogP contribution in [-0.4, -0.2) is 40.3 Å². The van der Waals surface area contributed by atoms with Crippen molar-refractivity contribution in [1.29, 1.82) is 0 Å². The number of rotatable bonds is 5. The van der Waals surface area contributed by atoms with Gasteiger partial charge >= 0.3 is 0 Å². The van der Waals surface area contributed by atoms with Crippen molar-refractivity contribution in [1.82, 2.24) is 20.2 Å². The molecule has 6 rings (SSSR count). The van der Waals surface area contributed by atoms with Crippen LogP contribution in [0.25, 0.3) is 0 Å². The van der Waals surface area contributed by atoms with Gasteiger partial charge in [0, 0.05) is 12.1 Å². The molecule has 4 aliphatic rings. The van der Waals surface area contributed by atoms with Crippen LogP contribution in [0.15, 0.2) is 12.1 Å². The molecule has 30 heavy (non-hydrogen) atoms. The zero-order valence-electron chi connectivity index (χ0n) is 17.4. The van der Waals surface area contributed by atoms with Crippen molar-refractivity contribution in [3.8, 4) is 11.5 Å². The van der Waals surface area contributed by atoms with Crippen molar-refractivity contribution in [3.05, 3.63) is 23.0 Å². The van der Waals surface area contributed by atoms with Gasteiger partial charge < -0.3 is 14.8 Å². The number of nitrogens with one attached hydrogen (secondary N) is 1. The maximum absolute atomic E-state index is 13.7. The topological polar surface area (TPSA) is 91.2 Å². The molecule has 2 atom stereocenters. The minimum Gasteiger partial charge on any atom is -0.495 e. The Morgan fingerprint density at radius 1 is 1.17 bits per heavy atom. The van der Waals surface area contributed by atoms with E-state index in [0.717, 1.165) is 32.1 Å². The van der Waals surface area contributed by atoms with Gasteiger partial charge in [-0.05, 0) is 62.5 Å². The molecule has 1 heterocycles. The van der Waals surface area contributed by atoms with E-state index < -0.39 is 5.41 Å². The summed E-state index contributed by atoms with van der Waals surface area (Å²) < 4.78 is 10.8. The molecule has 0 radical (unpaired) electrons. The number of ether oxygens (including phenoxy) is 2. The lowest BCUT2D eigenvalue weighted by atomic mass is 9.46. The molecule has 4 fully saturated rings. The van der Waals surface area contributed by atoms with Crippen LogP contribution in [0.1, 0.15) is 44.3 Å². The molecular formula is C21H26ClN5O3. The van der Waals surface area contributed by atoms with Crippen LogP contribution >= 0.6 is 11.6 Å². The first kappa shape index (κ1) is 19.6. The number of anilines is 1. The molecule has 0 aliphatic heterocycles. The van der Waals surface area contributed by atoms with Crippen molar-refractivity contribution in [2.75, 3.05) is 19.5 Å². The normalized spacial score (nSPS) is 31.6. The number of aryl methyl sites for hydroxylation is 1. The third-order valence-electron chi connectivity index (χ3n) is 7.17. The summed E-state index contributed by atoms with van der Waals surface area (Å²) in [5.74, 6) is 2.72. The van der Waals surface area contributed by atoms with E-state index in [4.69, 9.17) is 21.1 Å². The zero-order valence-corrected chi connectivity index (χ0v) is 18.2. The number of benzene rings is 1. The van der Waals surface area contributed by atoms with E-state index in [1.807, 2.05) is 6.92 Å². The number of tetrazole rings is 1. The molecule has 4 bridgehead atoms. The second-order valence-electron chi connectivity index (χ2n) is 9.23. The summed E-state index contributed by atoms with van der Waals surface area (Å²) in [4.78, 5) is 15.5. The molecule has 0 spiro atoms. The van der Waals surface area contributed by atoms with E-state index in [-0.39, 0.29) is 11.4 Å². The Hall–Kier alpha value is -2.35. The highest BCUT2D eigenvalue weighted by Crippen LogP contribution is 2.64. The predicted octanol–water partition coefficient (Wildman–Crippen LogP) is 3.59. The number of hydrogen-bond donors (Lipinski definition) is 1. The summed E-state index contributed by atoms with van der Waals surface area (Å²) in [6.07, 6.45) is 5.76. The lowest BCUT2D eigenvalue weighted by Gasteiger charge is -2.60. The number of carbonyl (C=O) groups excluding carboxylic acids is 1. The van der Waals surface area contributed by atoms with E-state index >= 15 is 0 Å². The van der Waals surface area contributed by atoms with Crippen molar-refractivity contribution >= 4 is 23.2 Å². The van der Waals surface area contributed by atoms with Crippen LogP contribution in [0, 0.1) is 24.2 Å². The van der Waals surface area contributed by atoms with Crippen molar-refractivity contribution in [2.45, 2.75) is 51.0 Å². The molecule has 1 amide bonds. The second kappa shape index (κ2) is 6.83. The van der Waals surface area contributed by atoms with Crippen LogP contribution in [0.5, 0.6) is 11.5 Å². The predicted molar refractivity (Wildman–Crippen MR) is 111 cm³/mol. The van der Waals surface area contributed by atoms with Crippen molar-refractivity contribution in [3.63, 3.8) is 0 Å². The molecule has 4 aliphatic carbocycles. The molecule has 1 N–H and O–H groups in total. The lowest BCUT2D eigenvalue weighted by Crippen LogP contribution is -2.60. The van der Waals surface area contributed by atoms with Gasteiger partial charge in [0.1, 0.15) is 11.5 Å². The quantitative estimate of drug-likeness (QED) is 0.777. The fraction of sp³-hybridized carbons (Fsp3) is 0.619. The maximum atomic E-state index is 13.7. The number of amides is 1. The number of methoxy groups -OCH3 is 2. The Morgan fingerprint density at radius 3 is 2.47 bits per heavy atom. The first-order valence-electron chi connectivity index (χ1n) is 10.4. The van der Waals surface area contributed by atoms with Crippen LogP contribution in [-0.2, 0) is 10.3 Å². The first-order valence-corrected chi connectivity index (χ1v) is 10.7. The van der Waals surface area contributed by atoms with Gasteiger partial charge in [-0.1, -0.05) is 11.6 Å². The van der Waals surface area contributed by atoms with Crippen LogP contribution < -0.4 is 14.8 Å². The number of nitrogens with zero attached hydrogens (tertiary/aromatic N) is 4. The minimum atomic E-state index is -0.441. The summed E-state index contributed by atoms with van der Waals surface area (Å²) in [5, 5.41) is 16.5. The van der Waals surface area contributed by atoms with Gasteiger partial charge in [0.2, 0.25) is 5.91 Å². The van der Waals surface area contributed by atoms with E-state index in [1.54, 1.807) is 31.1 Å². The summed E-state index contributed by atoms with van der Waals surface area (Å²) >= 11 is 6.22.